The van der Waals surface area contributed by atoms with E-state index in [1.54, 1.807) is 29.0 Å². The number of nitrogens with zero attached hydrogens (tertiary/aromatic N) is 6. The van der Waals surface area contributed by atoms with Gasteiger partial charge in [0.25, 0.3) is 0 Å². The molecule has 3 unspecified atom stereocenters. The summed E-state index contributed by atoms with van der Waals surface area (Å²) in [5.41, 5.74) is 7.53. The maximum Gasteiger partial charge on any atom is 0.228 e. The van der Waals surface area contributed by atoms with E-state index in [1.165, 1.54) is 0 Å². The van der Waals surface area contributed by atoms with Crippen molar-refractivity contribution >= 4 is 17.8 Å². The SMILES string of the molecule is CN1C(=O)CCC(C(=O)N2CCCC(c3ccnc(N)n3)C2)C1c1cnn(C)c1. The standard InChI is InChI=1S/C20H27N7O2/c1-25-11-14(10-23-25)18-15(5-6-17(28)26(18)2)19(29)27-9-3-4-13(12-27)16-7-8-22-20(21)24-16/h7-8,10-11,13,15,18H,3-6,9,12H2,1-2H3,(H2,21,22,24). The molecule has 2 aromatic rings. The Hall–Kier alpha value is -2.97. The zero-order valence-electron chi connectivity index (χ0n) is 16.9. The van der Waals surface area contributed by atoms with Crippen LogP contribution in [-0.2, 0) is 16.6 Å². The third-order valence-electron chi connectivity index (χ3n) is 6.09. The first-order chi connectivity index (χ1) is 13.9. The molecule has 154 valence electrons. The first kappa shape index (κ1) is 19.4. The Kier molecular flexibility index (Phi) is 5.21. The third kappa shape index (κ3) is 3.81. The molecular formula is C20H27N7O2. The van der Waals surface area contributed by atoms with Crippen LogP contribution in [0.4, 0.5) is 5.95 Å². The average Bonchev–Trinajstić information content (AvgIpc) is 3.15. The zero-order valence-corrected chi connectivity index (χ0v) is 16.9. The molecule has 9 heteroatoms. The number of anilines is 1. The van der Waals surface area contributed by atoms with E-state index in [0.717, 1.165) is 30.6 Å². The molecule has 4 rings (SSSR count). The maximum atomic E-state index is 13.5. The molecule has 0 saturated carbocycles. The van der Waals surface area contributed by atoms with Gasteiger partial charge in [0.15, 0.2) is 0 Å². The summed E-state index contributed by atoms with van der Waals surface area (Å²) in [7, 11) is 3.62. The van der Waals surface area contributed by atoms with Crippen molar-refractivity contribution in [2.75, 3.05) is 25.9 Å². The van der Waals surface area contributed by atoms with Crippen molar-refractivity contribution in [3.63, 3.8) is 0 Å². The van der Waals surface area contributed by atoms with Crippen molar-refractivity contribution < 1.29 is 9.59 Å². The summed E-state index contributed by atoms with van der Waals surface area (Å²) in [6.45, 7) is 1.34. The molecule has 2 aliphatic heterocycles. The maximum absolute atomic E-state index is 13.5. The summed E-state index contributed by atoms with van der Waals surface area (Å²) in [5, 5.41) is 4.25. The summed E-state index contributed by atoms with van der Waals surface area (Å²) in [6.07, 6.45) is 8.14. The summed E-state index contributed by atoms with van der Waals surface area (Å²) in [6, 6.07) is 1.59. The first-order valence-corrected chi connectivity index (χ1v) is 10.1. The number of hydrogen-bond donors (Lipinski definition) is 1. The Balaban J connectivity index is 1.56. The average molecular weight is 397 g/mol. The second kappa shape index (κ2) is 7.81. The van der Waals surface area contributed by atoms with Gasteiger partial charge in [0.1, 0.15) is 0 Å². The Labute approximate surface area is 169 Å². The summed E-state index contributed by atoms with van der Waals surface area (Å²) < 4.78 is 1.71. The fraction of sp³-hybridized carbons (Fsp3) is 0.550. The van der Waals surface area contributed by atoms with Gasteiger partial charge in [-0.3, -0.25) is 14.3 Å². The van der Waals surface area contributed by atoms with Gasteiger partial charge in [0, 0.05) is 57.5 Å². The highest BCUT2D eigenvalue weighted by atomic mass is 16.2. The first-order valence-electron chi connectivity index (χ1n) is 10.1. The van der Waals surface area contributed by atoms with Gasteiger partial charge in [-0.25, -0.2) is 9.97 Å². The minimum absolute atomic E-state index is 0.0656. The molecule has 2 fully saturated rings. The number of piperidine rings is 2. The number of aromatic nitrogens is 4. The number of amides is 2. The molecule has 0 bridgehead atoms. The van der Waals surface area contributed by atoms with Crippen molar-refractivity contribution in [2.45, 2.75) is 37.6 Å². The van der Waals surface area contributed by atoms with E-state index in [9.17, 15) is 9.59 Å². The lowest BCUT2D eigenvalue weighted by Gasteiger charge is -2.41. The lowest BCUT2D eigenvalue weighted by Crippen LogP contribution is -2.49. The van der Waals surface area contributed by atoms with E-state index >= 15 is 0 Å². The molecule has 4 heterocycles. The molecule has 2 aromatic heterocycles. The van der Waals surface area contributed by atoms with E-state index in [2.05, 4.69) is 15.1 Å². The number of hydrogen-bond acceptors (Lipinski definition) is 6. The molecule has 0 radical (unpaired) electrons. The van der Waals surface area contributed by atoms with Crippen LogP contribution in [0.2, 0.25) is 0 Å². The molecule has 3 atom stereocenters. The number of carbonyl (C=O) groups is 2. The van der Waals surface area contributed by atoms with Crippen molar-refractivity contribution in [1.29, 1.82) is 0 Å². The van der Waals surface area contributed by atoms with Crippen LogP contribution < -0.4 is 5.73 Å². The molecule has 2 N–H and O–H groups in total. The van der Waals surface area contributed by atoms with Crippen LogP contribution in [0.5, 0.6) is 0 Å². The summed E-state index contributed by atoms with van der Waals surface area (Å²) in [5.74, 6) is 0.310. The smallest absolute Gasteiger partial charge is 0.228 e. The van der Waals surface area contributed by atoms with Crippen LogP contribution in [-0.4, -0.2) is 61.5 Å². The fourth-order valence-corrected chi connectivity index (χ4v) is 4.61. The summed E-state index contributed by atoms with van der Waals surface area (Å²) in [4.78, 5) is 37.8. The Morgan fingerprint density at radius 2 is 2.10 bits per heavy atom. The van der Waals surface area contributed by atoms with Gasteiger partial charge < -0.3 is 15.5 Å². The highest BCUT2D eigenvalue weighted by Crippen LogP contribution is 2.38. The minimum Gasteiger partial charge on any atom is -0.368 e. The highest BCUT2D eigenvalue weighted by Gasteiger charge is 2.42. The van der Waals surface area contributed by atoms with Crippen LogP contribution >= 0.6 is 0 Å². The quantitative estimate of drug-likeness (QED) is 0.831. The second-order valence-corrected chi connectivity index (χ2v) is 8.01. The highest BCUT2D eigenvalue weighted by molar-refractivity contribution is 5.85. The van der Waals surface area contributed by atoms with Gasteiger partial charge in [0.2, 0.25) is 17.8 Å². The number of carbonyl (C=O) groups excluding carboxylic acids is 2. The van der Waals surface area contributed by atoms with Crippen molar-refractivity contribution in [2.24, 2.45) is 13.0 Å². The molecule has 0 aliphatic carbocycles. The van der Waals surface area contributed by atoms with Gasteiger partial charge in [-0.1, -0.05) is 0 Å². The summed E-state index contributed by atoms with van der Waals surface area (Å²) >= 11 is 0. The van der Waals surface area contributed by atoms with Crippen LogP contribution in [0.25, 0.3) is 0 Å². The number of likely N-dealkylation sites (tertiary alicyclic amines) is 2. The monoisotopic (exact) mass is 397 g/mol. The molecule has 9 nitrogen and oxygen atoms in total. The van der Waals surface area contributed by atoms with Gasteiger partial charge in [0.05, 0.1) is 23.9 Å². The van der Waals surface area contributed by atoms with Gasteiger partial charge in [-0.2, -0.15) is 5.10 Å². The topological polar surface area (TPSA) is 110 Å². The lowest BCUT2D eigenvalue weighted by atomic mass is 9.83. The molecular weight excluding hydrogens is 370 g/mol. The number of aryl methyl sites for hydroxylation is 1. The largest absolute Gasteiger partial charge is 0.368 e. The Morgan fingerprint density at radius 1 is 1.28 bits per heavy atom. The van der Waals surface area contributed by atoms with Crippen LogP contribution in [0.3, 0.4) is 0 Å². The second-order valence-electron chi connectivity index (χ2n) is 8.01. The Morgan fingerprint density at radius 3 is 2.83 bits per heavy atom. The molecule has 0 aromatic carbocycles. The van der Waals surface area contributed by atoms with Crippen LogP contribution in [0, 0.1) is 5.92 Å². The molecule has 0 spiro atoms. The number of rotatable bonds is 3. The molecule has 2 amide bonds. The van der Waals surface area contributed by atoms with E-state index in [4.69, 9.17) is 5.73 Å². The predicted molar refractivity (Wildman–Crippen MR) is 106 cm³/mol. The Bertz CT molecular complexity index is 912. The number of nitrogen functional groups attached to an aromatic ring is 1. The normalized spacial score (nSPS) is 25.3. The third-order valence-corrected chi connectivity index (χ3v) is 6.09. The van der Waals surface area contributed by atoms with Crippen molar-refractivity contribution in [3.05, 3.63) is 35.9 Å². The number of nitrogens with two attached hydrogens (primary N) is 1. The predicted octanol–water partition coefficient (Wildman–Crippen LogP) is 1.11. The van der Waals surface area contributed by atoms with Gasteiger partial charge >= 0.3 is 0 Å². The van der Waals surface area contributed by atoms with Crippen molar-refractivity contribution in [1.82, 2.24) is 29.5 Å². The molecule has 2 saturated heterocycles. The minimum atomic E-state index is -0.285. The lowest BCUT2D eigenvalue weighted by molar-refractivity contribution is -0.147. The van der Waals surface area contributed by atoms with E-state index in [1.807, 2.05) is 24.2 Å². The van der Waals surface area contributed by atoms with Crippen LogP contribution in [0.15, 0.2) is 24.7 Å². The van der Waals surface area contributed by atoms with Crippen LogP contribution in [0.1, 0.15) is 48.9 Å². The van der Waals surface area contributed by atoms with E-state index < -0.39 is 0 Å². The van der Waals surface area contributed by atoms with E-state index in [-0.39, 0.29) is 35.6 Å². The van der Waals surface area contributed by atoms with Crippen molar-refractivity contribution in [3.8, 4) is 0 Å². The molecule has 2 aliphatic rings. The van der Waals surface area contributed by atoms with Gasteiger partial charge in [-0.05, 0) is 25.3 Å². The fourth-order valence-electron chi connectivity index (χ4n) is 4.61. The zero-order chi connectivity index (χ0) is 20.5. The molecule has 29 heavy (non-hydrogen) atoms. The van der Waals surface area contributed by atoms with Gasteiger partial charge in [-0.15, -0.1) is 0 Å². The van der Waals surface area contributed by atoms with E-state index in [0.29, 0.717) is 19.4 Å².